The number of carboxylic acid groups (broad SMARTS) is 1. The number of nitrogens with one attached hydrogen (secondary N) is 1. The monoisotopic (exact) mass is 421 g/mol. The van der Waals surface area contributed by atoms with Crippen LogP contribution in [-0.4, -0.2) is 24.2 Å². The number of hydrogen-bond acceptors (Lipinski definition) is 4. The van der Waals surface area contributed by atoms with Crippen LogP contribution in [0.3, 0.4) is 0 Å². The summed E-state index contributed by atoms with van der Waals surface area (Å²) in [5, 5.41) is 12.5. The molecule has 2 aromatic carbocycles. The van der Waals surface area contributed by atoms with Crippen LogP contribution in [0.1, 0.15) is 25.0 Å². The van der Waals surface area contributed by atoms with Crippen LogP contribution in [0.25, 0.3) is 0 Å². The molecule has 0 saturated carbocycles. The van der Waals surface area contributed by atoms with E-state index in [4.69, 9.17) is 9.47 Å². The Balaban J connectivity index is 2.24. The van der Waals surface area contributed by atoms with E-state index < -0.39 is 12.0 Å². The van der Waals surface area contributed by atoms with Crippen LogP contribution in [0.2, 0.25) is 0 Å². The molecule has 0 aliphatic heterocycles. The van der Waals surface area contributed by atoms with E-state index in [1.165, 1.54) is 0 Å². The number of carboxylic acids is 1. The van der Waals surface area contributed by atoms with Gasteiger partial charge in [-0.05, 0) is 23.6 Å². The number of methoxy groups -OCH3 is 1. The summed E-state index contributed by atoms with van der Waals surface area (Å²) in [6.07, 6.45) is 0. The minimum absolute atomic E-state index is 0.0365. The van der Waals surface area contributed by atoms with Gasteiger partial charge in [0.2, 0.25) is 0 Å². The fraction of sp³-hybridized carbons (Fsp3) is 0.350. The van der Waals surface area contributed by atoms with Crippen molar-refractivity contribution in [3.05, 3.63) is 58.1 Å². The van der Waals surface area contributed by atoms with Gasteiger partial charge >= 0.3 is 5.97 Å². The zero-order chi connectivity index (χ0) is 19.1. The average Bonchev–Trinajstić information content (AvgIpc) is 2.62. The standard InChI is InChI=1S/C20H24BrNO4/c1-13(2)18(20(23)24)22-11-15-16(21)9-10-17(25-3)19(15)26-12-14-7-5-4-6-8-14/h4-10,13,18,22H,11-12H2,1-3H3,(H,23,24). The van der Waals surface area contributed by atoms with Crippen molar-refractivity contribution in [1.82, 2.24) is 5.32 Å². The summed E-state index contributed by atoms with van der Waals surface area (Å²) >= 11 is 3.54. The Morgan fingerprint density at radius 2 is 1.88 bits per heavy atom. The van der Waals surface area contributed by atoms with Crippen LogP contribution < -0.4 is 14.8 Å². The number of rotatable bonds is 9. The lowest BCUT2D eigenvalue weighted by Gasteiger charge is -2.21. The quantitative estimate of drug-likeness (QED) is 0.633. The van der Waals surface area contributed by atoms with Gasteiger partial charge in [0.25, 0.3) is 0 Å². The van der Waals surface area contributed by atoms with E-state index in [9.17, 15) is 9.90 Å². The summed E-state index contributed by atoms with van der Waals surface area (Å²) in [5.41, 5.74) is 1.87. The predicted octanol–water partition coefficient (Wildman–Crippen LogP) is 4.24. The number of ether oxygens (including phenoxy) is 2. The van der Waals surface area contributed by atoms with Crippen molar-refractivity contribution < 1.29 is 19.4 Å². The first-order chi connectivity index (χ1) is 12.4. The SMILES string of the molecule is COc1ccc(Br)c(CNC(C(=O)O)C(C)C)c1OCc1ccccc1. The Hall–Kier alpha value is -2.05. The molecule has 2 N–H and O–H groups in total. The van der Waals surface area contributed by atoms with Crippen molar-refractivity contribution in [3.63, 3.8) is 0 Å². The maximum atomic E-state index is 11.4. The largest absolute Gasteiger partial charge is 0.493 e. The molecule has 140 valence electrons. The number of hydrogen-bond donors (Lipinski definition) is 2. The molecule has 2 aromatic rings. The average molecular weight is 422 g/mol. The molecule has 5 nitrogen and oxygen atoms in total. The second kappa shape index (κ2) is 9.59. The van der Waals surface area contributed by atoms with Gasteiger partial charge in [0.1, 0.15) is 12.6 Å². The number of benzene rings is 2. The normalized spacial score (nSPS) is 12.0. The van der Waals surface area contributed by atoms with E-state index in [2.05, 4.69) is 21.2 Å². The third-order valence-corrected chi connectivity index (χ3v) is 4.79. The molecule has 0 aromatic heterocycles. The van der Waals surface area contributed by atoms with Crippen LogP contribution in [0.4, 0.5) is 0 Å². The van der Waals surface area contributed by atoms with Crippen molar-refractivity contribution >= 4 is 21.9 Å². The Morgan fingerprint density at radius 3 is 2.46 bits per heavy atom. The summed E-state index contributed by atoms with van der Waals surface area (Å²) in [6, 6.07) is 12.9. The second-order valence-corrected chi connectivity index (χ2v) is 7.13. The van der Waals surface area contributed by atoms with Crippen molar-refractivity contribution in [3.8, 4) is 11.5 Å². The lowest BCUT2D eigenvalue weighted by molar-refractivity contribution is -0.140. The third kappa shape index (κ3) is 5.22. The van der Waals surface area contributed by atoms with Gasteiger partial charge in [-0.1, -0.05) is 60.1 Å². The second-order valence-electron chi connectivity index (χ2n) is 6.27. The molecule has 1 atom stereocenters. The van der Waals surface area contributed by atoms with Gasteiger partial charge in [-0.3, -0.25) is 10.1 Å². The fourth-order valence-corrected chi connectivity index (χ4v) is 3.07. The van der Waals surface area contributed by atoms with Crippen LogP contribution in [0, 0.1) is 5.92 Å². The van der Waals surface area contributed by atoms with Crippen molar-refractivity contribution in [2.45, 2.75) is 33.0 Å². The Kier molecular flexibility index (Phi) is 7.48. The van der Waals surface area contributed by atoms with Gasteiger partial charge in [0, 0.05) is 16.6 Å². The molecule has 0 amide bonds. The van der Waals surface area contributed by atoms with E-state index in [-0.39, 0.29) is 5.92 Å². The highest BCUT2D eigenvalue weighted by atomic mass is 79.9. The molecule has 0 fully saturated rings. The molecule has 0 aliphatic carbocycles. The summed E-state index contributed by atoms with van der Waals surface area (Å²) in [7, 11) is 1.59. The molecular formula is C20H24BrNO4. The van der Waals surface area contributed by atoms with Crippen molar-refractivity contribution in [2.75, 3.05) is 7.11 Å². The van der Waals surface area contributed by atoms with E-state index in [0.717, 1.165) is 15.6 Å². The lowest BCUT2D eigenvalue weighted by atomic mass is 10.0. The summed E-state index contributed by atoms with van der Waals surface area (Å²) in [6.45, 7) is 4.49. The van der Waals surface area contributed by atoms with Crippen LogP contribution in [0.5, 0.6) is 11.5 Å². The van der Waals surface area contributed by atoms with Gasteiger partial charge in [-0.25, -0.2) is 0 Å². The van der Waals surface area contributed by atoms with Gasteiger partial charge in [-0.15, -0.1) is 0 Å². The maximum Gasteiger partial charge on any atom is 0.320 e. The Labute approximate surface area is 162 Å². The summed E-state index contributed by atoms with van der Waals surface area (Å²) in [4.78, 5) is 11.4. The molecule has 1 unspecified atom stereocenters. The maximum absolute atomic E-state index is 11.4. The highest BCUT2D eigenvalue weighted by Crippen LogP contribution is 2.37. The van der Waals surface area contributed by atoms with Gasteiger partial charge < -0.3 is 14.6 Å². The first-order valence-corrected chi connectivity index (χ1v) is 9.21. The van der Waals surface area contributed by atoms with Crippen LogP contribution in [-0.2, 0) is 17.9 Å². The van der Waals surface area contributed by atoms with E-state index >= 15 is 0 Å². The summed E-state index contributed by atoms with van der Waals surface area (Å²) in [5.74, 6) is 0.305. The molecular weight excluding hydrogens is 398 g/mol. The molecule has 0 heterocycles. The Morgan fingerprint density at radius 1 is 1.19 bits per heavy atom. The number of halogens is 1. The fourth-order valence-electron chi connectivity index (χ4n) is 2.62. The third-order valence-electron chi connectivity index (χ3n) is 4.04. The summed E-state index contributed by atoms with van der Waals surface area (Å²) < 4.78 is 12.3. The van der Waals surface area contributed by atoms with Gasteiger partial charge in [0.15, 0.2) is 11.5 Å². The molecule has 2 rings (SSSR count). The molecule has 26 heavy (non-hydrogen) atoms. The van der Waals surface area contributed by atoms with Gasteiger partial charge in [0.05, 0.1) is 7.11 Å². The van der Waals surface area contributed by atoms with Crippen molar-refractivity contribution in [1.29, 1.82) is 0 Å². The molecule has 0 saturated heterocycles. The van der Waals surface area contributed by atoms with Gasteiger partial charge in [-0.2, -0.15) is 0 Å². The molecule has 0 aliphatic rings. The zero-order valence-corrected chi connectivity index (χ0v) is 16.7. The molecule has 0 spiro atoms. The minimum Gasteiger partial charge on any atom is -0.493 e. The van der Waals surface area contributed by atoms with E-state index in [0.29, 0.717) is 24.7 Å². The molecule has 0 bridgehead atoms. The van der Waals surface area contributed by atoms with Crippen LogP contribution in [0.15, 0.2) is 46.9 Å². The number of carbonyl (C=O) groups is 1. The Bertz CT molecular complexity index is 734. The highest BCUT2D eigenvalue weighted by Gasteiger charge is 2.23. The van der Waals surface area contributed by atoms with E-state index in [1.807, 2.05) is 56.3 Å². The van der Waals surface area contributed by atoms with E-state index in [1.54, 1.807) is 7.11 Å². The first kappa shape index (κ1) is 20.3. The number of aliphatic carboxylic acids is 1. The topological polar surface area (TPSA) is 67.8 Å². The lowest BCUT2D eigenvalue weighted by Crippen LogP contribution is -2.40. The minimum atomic E-state index is -0.870. The van der Waals surface area contributed by atoms with Crippen molar-refractivity contribution in [2.24, 2.45) is 5.92 Å². The molecule has 6 heteroatoms. The van der Waals surface area contributed by atoms with Crippen LogP contribution >= 0.6 is 15.9 Å². The molecule has 0 radical (unpaired) electrons. The smallest absolute Gasteiger partial charge is 0.320 e. The zero-order valence-electron chi connectivity index (χ0n) is 15.2. The predicted molar refractivity (Wildman–Crippen MR) is 105 cm³/mol. The first-order valence-electron chi connectivity index (χ1n) is 8.42. The highest BCUT2D eigenvalue weighted by molar-refractivity contribution is 9.10.